The Morgan fingerprint density at radius 2 is 2.44 bits per heavy atom. The Labute approximate surface area is 103 Å². The van der Waals surface area contributed by atoms with E-state index in [0.717, 1.165) is 29.5 Å². The Morgan fingerprint density at radius 3 is 3.12 bits per heavy atom. The molecule has 0 bridgehead atoms. The van der Waals surface area contributed by atoms with Crippen LogP contribution < -0.4 is 10.6 Å². The molecule has 1 aromatic heterocycles. The molecule has 2 rings (SSSR count). The molecule has 1 fully saturated rings. The van der Waals surface area contributed by atoms with E-state index in [9.17, 15) is 4.79 Å². The molecule has 2 N–H and O–H groups in total. The van der Waals surface area contributed by atoms with E-state index < -0.39 is 0 Å². The summed E-state index contributed by atoms with van der Waals surface area (Å²) >= 11 is 3.39. The van der Waals surface area contributed by atoms with Crippen LogP contribution in [-0.4, -0.2) is 23.5 Å². The van der Waals surface area contributed by atoms with Gasteiger partial charge in [0.05, 0.1) is 0 Å². The van der Waals surface area contributed by atoms with Gasteiger partial charge in [-0.25, -0.2) is 0 Å². The first-order chi connectivity index (χ1) is 7.74. The Bertz CT molecular complexity index is 373. The summed E-state index contributed by atoms with van der Waals surface area (Å²) in [6.45, 7) is 1.51. The fourth-order valence-electron chi connectivity index (χ4n) is 1.72. The molecule has 16 heavy (non-hydrogen) atoms. The number of hydrogen-bond acceptors (Lipinski definition) is 3. The second-order valence-corrected chi connectivity index (χ2v) is 4.85. The van der Waals surface area contributed by atoms with Crippen LogP contribution >= 0.6 is 15.9 Å². The summed E-state index contributed by atoms with van der Waals surface area (Å²) in [5.74, 6) is 0.155. The van der Waals surface area contributed by atoms with Gasteiger partial charge in [-0.1, -0.05) is 0 Å². The highest BCUT2D eigenvalue weighted by atomic mass is 79.9. The molecule has 4 nitrogen and oxygen atoms in total. The van der Waals surface area contributed by atoms with Gasteiger partial charge >= 0.3 is 0 Å². The SMILES string of the molecule is O=C1CCC(NCc2cncc(Br)c2)CN1. The Balaban J connectivity index is 1.81. The normalized spacial score (nSPS) is 20.6. The van der Waals surface area contributed by atoms with Crippen LogP contribution in [0.15, 0.2) is 22.9 Å². The number of carbonyl (C=O) groups excluding carboxylic acids is 1. The van der Waals surface area contributed by atoms with Crippen molar-refractivity contribution in [1.29, 1.82) is 0 Å². The maximum absolute atomic E-state index is 11.0. The lowest BCUT2D eigenvalue weighted by Gasteiger charge is -2.23. The van der Waals surface area contributed by atoms with Crippen LogP contribution in [0.25, 0.3) is 0 Å². The van der Waals surface area contributed by atoms with Gasteiger partial charge in [0.25, 0.3) is 0 Å². The topological polar surface area (TPSA) is 54.0 Å². The molecule has 0 aromatic carbocycles. The Kier molecular flexibility index (Phi) is 3.90. The molecule has 86 valence electrons. The number of rotatable bonds is 3. The third-order valence-corrected chi connectivity index (χ3v) is 3.06. The van der Waals surface area contributed by atoms with Crippen LogP contribution in [-0.2, 0) is 11.3 Å². The number of pyridine rings is 1. The van der Waals surface area contributed by atoms with Crippen molar-refractivity contribution in [2.24, 2.45) is 0 Å². The van der Waals surface area contributed by atoms with Crippen LogP contribution in [0.5, 0.6) is 0 Å². The van der Waals surface area contributed by atoms with Gasteiger partial charge in [-0.2, -0.15) is 0 Å². The van der Waals surface area contributed by atoms with Crippen molar-refractivity contribution in [3.05, 3.63) is 28.5 Å². The van der Waals surface area contributed by atoms with Crippen molar-refractivity contribution in [2.75, 3.05) is 6.54 Å². The third kappa shape index (κ3) is 3.28. The van der Waals surface area contributed by atoms with Gasteiger partial charge in [0.2, 0.25) is 5.91 Å². The monoisotopic (exact) mass is 283 g/mol. The smallest absolute Gasteiger partial charge is 0.220 e. The molecule has 1 aliphatic heterocycles. The van der Waals surface area contributed by atoms with Gasteiger partial charge in [0.15, 0.2) is 0 Å². The van der Waals surface area contributed by atoms with Crippen LogP contribution in [0.4, 0.5) is 0 Å². The fraction of sp³-hybridized carbons (Fsp3) is 0.455. The minimum atomic E-state index is 0.155. The van der Waals surface area contributed by atoms with E-state index in [0.29, 0.717) is 12.5 Å². The summed E-state index contributed by atoms with van der Waals surface area (Å²) in [5, 5.41) is 6.26. The summed E-state index contributed by atoms with van der Waals surface area (Å²) in [4.78, 5) is 15.1. The largest absolute Gasteiger partial charge is 0.355 e. The highest BCUT2D eigenvalue weighted by molar-refractivity contribution is 9.10. The number of nitrogens with one attached hydrogen (secondary N) is 2. The first-order valence-electron chi connectivity index (χ1n) is 5.33. The summed E-state index contributed by atoms with van der Waals surface area (Å²) in [5.41, 5.74) is 1.14. The Hall–Kier alpha value is -0.940. The number of amides is 1. The standard InChI is InChI=1S/C11H14BrN3O/c12-9-3-8(4-13-6-9)5-14-10-1-2-11(16)15-7-10/h3-4,6,10,14H,1-2,5,7H2,(H,15,16). The minimum absolute atomic E-state index is 0.155. The van der Waals surface area contributed by atoms with Gasteiger partial charge in [-0.15, -0.1) is 0 Å². The average molecular weight is 284 g/mol. The summed E-state index contributed by atoms with van der Waals surface area (Å²) in [6.07, 6.45) is 5.14. The van der Waals surface area contributed by atoms with E-state index in [1.165, 1.54) is 0 Å². The number of carbonyl (C=O) groups is 1. The number of hydrogen-bond donors (Lipinski definition) is 2. The number of nitrogens with zero attached hydrogens (tertiary/aromatic N) is 1. The molecular weight excluding hydrogens is 270 g/mol. The zero-order valence-corrected chi connectivity index (χ0v) is 10.5. The van der Waals surface area contributed by atoms with Gasteiger partial charge in [0.1, 0.15) is 0 Å². The molecule has 1 saturated heterocycles. The van der Waals surface area contributed by atoms with Crippen molar-refractivity contribution < 1.29 is 4.79 Å². The molecule has 1 aliphatic rings. The minimum Gasteiger partial charge on any atom is -0.355 e. The van der Waals surface area contributed by atoms with Gasteiger partial charge in [0, 0.05) is 42.4 Å². The lowest BCUT2D eigenvalue weighted by molar-refractivity contribution is -0.122. The van der Waals surface area contributed by atoms with Crippen LogP contribution in [0.1, 0.15) is 18.4 Å². The van der Waals surface area contributed by atoms with Crippen LogP contribution in [0.2, 0.25) is 0 Å². The quantitative estimate of drug-likeness (QED) is 0.877. The fourth-order valence-corrected chi connectivity index (χ4v) is 2.13. The molecule has 2 heterocycles. The summed E-state index contributed by atoms with van der Waals surface area (Å²) in [6, 6.07) is 2.41. The van der Waals surface area contributed by atoms with Gasteiger partial charge in [-0.3, -0.25) is 9.78 Å². The average Bonchev–Trinajstić information content (AvgIpc) is 2.28. The lowest BCUT2D eigenvalue weighted by atomic mass is 10.1. The predicted octanol–water partition coefficient (Wildman–Crippen LogP) is 1.21. The second-order valence-electron chi connectivity index (χ2n) is 3.93. The first kappa shape index (κ1) is 11.5. The number of halogens is 1. The molecular formula is C11H14BrN3O. The van der Waals surface area contributed by atoms with E-state index in [-0.39, 0.29) is 5.91 Å². The molecule has 0 spiro atoms. The van der Waals surface area contributed by atoms with E-state index in [1.54, 1.807) is 6.20 Å². The lowest BCUT2D eigenvalue weighted by Crippen LogP contribution is -2.45. The molecule has 0 saturated carbocycles. The molecule has 5 heteroatoms. The van der Waals surface area contributed by atoms with Crippen LogP contribution in [0.3, 0.4) is 0 Å². The molecule has 1 aromatic rings. The van der Waals surface area contributed by atoms with Crippen LogP contribution in [0, 0.1) is 0 Å². The molecule has 0 radical (unpaired) electrons. The maximum atomic E-state index is 11.0. The van der Waals surface area contributed by atoms with E-state index in [2.05, 4.69) is 31.5 Å². The molecule has 1 amide bonds. The highest BCUT2D eigenvalue weighted by Gasteiger charge is 2.16. The van der Waals surface area contributed by atoms with E-state index in [1.807, 2.05) is 12.3 Å². The first-order valence-corrected chi connectivity index (χ1v) is 6.13. The molecule has 1 atom stereocenters. The van der Waals surface area contributed by atoms with Crippen molar-refractivity contribution in [3.8, 4) is 0 Å². The zero-order chi connectivity index (χ0) is 11.4. The highest BCUT2D eigenvalue weighted by Crippen LogP contribution is 2.10. The molecule has 0 aliphatic carbocycles. The summed E-state index contributed by atoms with van der Waals surface area (Å²) in [7, 11) is 0. The van der Waals surface area contributed by atoms with Gasteiger partial charge < -0.3 is 10.6 Å². The zero-order valence-electron chi connectivity index (χ0n) is 8.87. The predicted molar refractivity (Wildman–Crippen MR) is 64.8 cm³/mol. The van der Waals surface area contributed by atoms with Crippen molar-refractivity contribution in [1.82, 2.24) is 15.6 Å². The Morgan fingerprint density at radius 1 is 1.56 bits per heavy atom. The van der Waals surface area contributed by atoms with E-state index >= 15 is 0 Å². The van der Waals surface area contributed by atoms with Crippen molar-refractivity contribution in [2.45, 2.75) is 25.4 Å². The van der Waals surface area contributed by atoms with Crippen molar-refractivity contribution in [3.63, 3.8) is 0 Å². The molecule has 1 unspecified atom stereocenters. The number of aromatic nitrogens is 1. The van der Waals surface area contributed by atoms with E-state index in [4.69, 9.17) is 0 Å². The maximum Gasteiger partial charge on any atom is 0.220 e. The summed E-state index contributed by atoms with van der Waals surface area (Å²) < 4.78 is 0.990. The second kappa shape index (κ2) is 5.41. The van der Waals surface area contributed by atoms with Crippen molar-refractivity contribution >= 4 is 21.8 Å². The van der Waals surface area contributed by atoms with Gasteiger partial charge in [-0.05, 0) is 34.0 Å². The third-order valence-electron chi connectivity index (χ3n) is 2.62. The number of piperidine rings is 1.